The van der Waals surface area contributed by atoms with Crippen molar-refractivity contribution in [2.45, 2.75) is 26.2 Å². The maximum absolute atomic E-state index is 11.6. The van der Waals surface area contributed by atoms with Crippen LogP contribution in [0.25, 0.3) is 0 Å². The van der Waals surface area contributed by atoms with Crippen LogP contribution in [-0.2, 0) is 0 Å². The van der Waals surface area contributed by atoms with Crippen LogP contribution in [0.4, 0.5) is 0 Å². The zero-order chi connectivity index (χ0) is 10.4. The molecule has 0 fully saturated rings. The van der Waals surface area contributed by atoms with E-state index in [0.29, 0.717) is 12.8 Å². The van der Waals surface area contributed by atoms with E-state index in [2.05, 4.69) is 0 Å². The first-order chi connectivity index (χ1) is 6.74. The Labute approximate surface area is 84.5 Å². The first-order valence-corrected chi connectivity index (χ1v) is 4.83. The molecule has 74 valence electrons. The zero-order valence-electron chi connectivity index (χ0n) is 8.42. The van der Waals surface area contributed by atoms with E-state index in [1.807, 2.05) is 31.2 Å². The lowest BCUT2D eigenvalue weighted by Crippen LogP contribution is -1.98. The lowest BCUT2D eigenvalue weighted by atomic mass is 10.0. The van der Waals surface area contributed by atoms with Gasteiger partial charge < -0.3 is 5.41 Å². The summed E-state index contributed by atoms with van der Waals surface area (Å²) in [6, 6.07) is 7.62. The minimum atomic E-state index is 0.173. The summed E-state index contributed by atoms with van der Waals surface area (Å²) in [5.74, 6) is 0.173. The van der Waals surface area contributed by atoms with E-state index in [1.54, 1.807) is 0 Å². The molecule has 2 heteroatoms. The van der Waals surface area contributed by atoms with Crippen LogP contribution in [0, 0.1) is 12.3 Å². The normalized spacial score (nSPS) is 9.79. The predicted molar refractivity (Wildman–Crippen MR) is 58.1 cm³/mol. The van der Waals surface area contributed by atoms with Crippen LogP contribution in [0.3, 0.4) is 0 Å². The monoisotopic (exact) mass is 189 g/mol. The number of hydrogen-bond acceptors (Lipinski definition) is 2. The van der Waals surface area contributed by atoms with Crippen molar-refractivity contribution in [3.63, 3.8) is 0 Å². The molecule has 0 radical (unpaired) electrons. The van der Waals surface area contributed by atoms with Crippen molar-refractivity contribution in [1.29, 1.82) is 5.41 Å². The molecule has 0 spiro atoms. The Hall–Kier alpha value is -1.44. The second-order valence-corrected chi connectivity index (χ2v) is 3.39. The van der Waals surface area contributed by atoms with Crippen molar-refractivity contribution in [2.75, 3.05) is 0 Å². The molecule has 0 unspecified atom stereocenters. The lowest BCUT2D eigenvalue weighted by Gasteiger charge is -1.99. The highest BCUT2D eigenvalue weighted by Crippen LogP contribution is 2.08. The van der Waals surface area contributed by atoms with E-state index in [4.69, 9.17) is 5.41 Å². The van der Waals surface area contributed by atoms with Crippen LogP contribution in [0.1, 0.15) is 35.2 Å². The van der Waals surface area contributed by atoms with E-state index < -0.39 is 0 Å². The Morgan fingerprint density at radius 2 is 2.00 bits per heavy atom. The van der Waals surface area contributed by atoms with Crippen molar-refractivity contribution in [3.05, 3.63) is 35.4 Å². The average molecular weight is 189 g/mol. The van der Waals surface area contributed by atoms with Crippen LogP contribution in [0.5, 0.6) is 0 Å². The smallest absolute Gasteiger partial charge is 0.162 e. The van der Waals surface area contributed by atoms with E-state index in [1.165, 1.54) is 11.8 Å². The number of hydrogen-bond donors (Lipinski definition) is 1. The van der Waals surface area contributed by atoms with Crippen LogP contribution >= 0.6 is 0 Å². The van der Waals surface area contributed by atoms with Gasteiger partial charge in [0.05, 0.1) is 0 Å². The number of unbranched alkanes of at least 4 members (excludes halogenated alkanes) is 1. The average Bonchev–Trinajstić information content (AvgIpc) is 2.19. The molecule has 0 saturated heterocycles. The van der Waals surface area contributed by atoms with Gasteiger partial charge in [-0.05, 0) is 26.0 Å². The first-order valence-electron chi connectivity index (χ1n) is 4.83. The number of aryl methyl sites for hydroxylation is 1. The number of ketones is 1. The van der Waals surface area contributed by atoms with Crippen LogP contribution < -0.4 is 0 Å². The summed E-state index contributed by atoms with van der Waals surface area (Å²) in [7, 11) is 0. The summed E-state index contributed by atoms with van der Waals surface area (Å²) in [5.41, 5.74) is 1.95. The van der Waals surface area contributed by atoms with Crippen LogP contribution in [-0.4, -0.2) is 12.0 Å². The second-order valence-electron chi connectivity index (χ2n) is 3.39. The highest BCUT2D eigenvalue weighted by molar-refractivity contribution is 5.96. The predicted octanol–water partition coefficient (Wildman–Crippen LogP) is 3.00. The molecular weight excluding hydrogens is 174 g/mol. The van der Waals surface area contributed by atoms with Crippen LogP contribution in [0.15, 0.2) is 24.3 Å². The summed E-state index contributed by atoms with van der Waals surface area (Å²) in [4.78, 5) is 11.6. The molecule has 0 heterocycles. The molecule has 0 aromatic heterocycles. The number of Topliss-reactive ketones (excluding diaryl/α,β-unsaturated/α-hetero) is 1. The standard InChI is InChI=1S/C12H15NO/c1-10-5-7-11(8-6-10)12(14)4-2-3-9-13/h5-9,13H,2-4H2,1H3. The third kappa shape index (κ3) is 3.13. The highest BCUT2D eigenvalue weighted by atomic mass is 16.1. The van der Waals surface area contributed by atoms with E-state index >= 15 is 0 Å². The van der Waals surface area contributed by atoms with Gasteiger partial charge >= 0.3 is 0 Å². The van der Waals surface area contributed by atoms with Gasteiger partial charge in [0.15, 0.2) is 5.78 Å². The summed E-state index contributed by atoms with van der Waals surface area (Å²) in [5, 5.41) is 6.84. The number of carbonyl (C=O) groups is 1. The molecule has 1 rings (SSSR count). The molecule has 1 aromatic rings. The largest absolute Gasteiger partial charge is 0.313 e. The number of benzene rings is 1. The quantitative estimate of drug-likeness (QED) is 0.432. The van der Waals surface area contributed by atoms with Crippen LogP contribution in [0.2, 0.25) is 0 Å². The highest BCUT2D eigenvalue weighted by Gasteiger charge is 2.03. The number of rotatable bonds is 5. The maximum Gasteiger partial charge on any atom is 0.162 e. The molecule has 0 aliphatic heterocycles. The molecule has 0 aliphatic carbocycles. The van der Waals surface area contributed by atoms with Gasteiger partial charge in [0.1, 0.15) is 0 Å². The van der Waals surface area contributed by atoms with Crippen molar-refractivity contribution in [1.82, 2.24) is 0 Å². The third-order valence-electron chi connectivity index (χ3n) is 2.13. The number of nitrogens with one attached hydrogen (secondary N) is 1. The second kappa shape index (κ2) is 5.32. The van der Waals surface area contributed by atoms with Gasteiger partial charge in [0.25, 0.3) is 0 Å². The third-order valence-corrected chi connectivity index (χ3v) is 2.13. The Morgan fingerprint density at radius 1 is 1.36 bits per heavy atom. The lowest BCUT2D eigenvalue weighted by molar-refractivity contribution is 0.0981. The van der Waals surface area contributed by atoms with Crippen molar-refractivity contribution >= 4 is 12.0 Å². The van der Waals surface area contributed by atoms with Gasteiger partial charge in [-0.25, -0.2) is 0 Å². The van der Waals surface area contributed by atoms with Gasteiger partial charge in [-0.2, -0.15) is 0 Å². The summed E-state index contributed by atoms with van der Waals surface area (Å²) in [6.45, 7) is 2.00. The van der Waals surface area contributed by atoms with Crippen molar-refractivity contribution in [2.24, 2.45) is 0 Å². The maximum atomic E-state index is 11.6. The topological polar surface area (TPSA) is 40.9 Å². The van der Waals surface area contributed by atoms with Crippen molar-refractivity contribution in [3.8, 4) is 0 Å². The first kappa shape index (κ1) is 10.6. The summed E-state index contributed by atoms with van der Waals surface area (Å²) >= 11 is 0. The molecule has 14 heavy (non-hydrogen) atoms. The summed E-state index contributed by atoms with van der Waals surface area (Å²) < 4.78 is 0. The minimum absolute atomic E-state index is 0.173. The molecule has 1 aromatic carbocycles. The van der Waals surface area contributed by atoms with E-state index in [-0.39, 0.29) is 5.78 Å². The molecule has 0 aliphatic rings. The molecule has 0 bridgehead atoms. The fourth-order valence-electron chi connectivity index (χ4n) is 1.25. The molecule has 0 amide bonds. The SMILES string of the molecule is Cc1ccc(C(=O)CCCC=N)cc1. The van der Waals surface area contributed by atoms with E-state index in [0.717, 1.165) is 12.0 Å². The Kier molecular flexibility index (Phi) is 4.05. The minimum Gasteiger partial charge on any atom is -0.313 e. The van der Waals surface area contributed by atoms with Crippen molar-refractivity contribution < 1.29 is 4.79 Å². The fourth-order valence-corrected chi connectivity index (χ4v) is 1.25. The van der Waals surface area contributed by atoms with Gasteiger partial charge in [0, 0.05) is 12.0 Å². The Bertz CT molecular complexity index is 314. The fraction of sp³-hybridized carbons (Fsp3) is 0.333. The Balaban J connectivity index is 2.52. The molecule has 1 N–H and O–H groups in total. The molecule has 0 saturated carbocycles. The molecule has 2 nitrogen and oxygen atoms in total. The molecular formula is C12H15NO. The summed E-state index contributed by atoms with van der Waals surface area (Å²) in [6.07, 6.45) is 3.36. The van der Waals surface area contributed by atoms with Gasteiger partial charge in [-0.3, -0.25) is 4.79 Å². The van der Waals surface area contributed by atoms with Gasteiger partial charge in [-0.1, -0.05) is 29.8 Å². The van der Waals surface area contributed by atoms with E-state index in [9.17, 15) is 4.79 Å². The Morgan fingerprint density at radius 3 is 2.57 bits per heavy atom. The number of carbonyl (C=O) groups excluding carboxylic acids is 1. The van der Waals surface area contributed by atoms with Gasteiger partial charge in [-0.15, -0.1) is 0 Å². The molecule has 0 atom stereocenters. The zero-order valence-corrected chi connectivity index (χ0v) is 8.42. The van der Waals surface area contributed by atoms with Gasteiger partial charge in [0.2, 0.25) is 0 Å².